The van der Waals surface area contributed by atoms with Crippen LogP contribution in [0.1, 0.15) is 29.8 Å². The molecule has 0 aliphatic carbocycles. The number of likely N-dealkylation sites (tertiary alicyclic amines) is 1. The van der Waals surface area contributed by atoms with Crippen molar-refractivity contribution in [2.45, 2.75) is 29.5 Å². The molecule has 2 heterocycles. The number of carboxylic acid groups (broad SMARTS) is 1. The number of carbonyl (C=O) groups is 2. The molecule has 1 aromatic rings. The molecule has 1 atom stereocenters. The number of aliphatic carboxylic acids is 1. The van der Waals surface area contributed by atoms with Crippen LogP contribution in [0.5, 0.6) is 0 Å². The van der Waals surface area contributed by atoms with E-state index < -0.39 is 12.0 Å². The smallest absolute Gasteiger partial charge is 0.326 e. The highest BCUT2D eigenvalue weighted by molar-refractivity contribution is 8.00. The number of amides is 1. The molecule has 0 aromatic carbocycles. The topological polar surface area (TPSA) is 83.4 Å². The Labute approximate surface area is 113 Å². The van der Waals surface area contributed by atoms with Gasteiger partial charge in [0.2, 0.25) is 0 Å². The molecule has 0 saturated carbocycles. The van der Waals surface area contributed by atoms with E-state index in [1.807, 2.05) is 6.26 Å². The second-order valence-electron chi connectivity index (χ2n) is 3.96. The molecule has 1 amide bonds. The summed E-state index contributed by atoms with van der Waals surface area (Å²) >= 11 is 2.56. The van der Waals surface area contributed by atoms with Crippen LogP contribution in [0.2, 0.25) is 0 Å². The predicted octanol–water partition coefficient (Wildman–Crippen LogP) is 1.34. The molecule has 0 radical (unpaired) electrons. The van der Waals surface area contributed by atoms with Gasteiger partial charge in [-0.15, -0.1) is 16.9 Å². The van der Waals surface area contributed by atoms with Crippen molar-refractivity contribution in [3.63, 3.8) is 0 Å². The second kappa shape index (κ2) is 5.66. The number of carbonyl (C=O) groups excluding carboxylic acids is 1. The summed E-state index contributed by atoms with van der Waals surface area (Å²) in [6.45, 7) is 0.473. The lowest BCUT2D eigenvalue weighted by Gasteiger charge is -2.32. The van der Waals surface area contributed by atoms with Crippen LogP contribution in [0.3, 0.4) is 0 Å². The van der Waals surface area contributed by atoms with E-state index in [2.05, 4.69) is 9.59 Å². The molecule has 18 heavy (non-hydrogen) atoms. The Morgan fingerprint density at radius 1 is 1.50 bits per heavy atom. The average Bonchev–Trinajstić information content (AvgIpc) is 2.86. The Balaban J connectivity index is 2.23. The van der Waals surface area contributed by atoms with Crippen molar-refractivity contribution < 1.29 is 14.7 Å². The SMILES string of the molecule is CSc1snnc1C(=O)N1CCCCC1C(=O)O. The number of hydrogen-bond acceptors (Lipinski definition) is 6. The highest BCUT2D eigenvalue weighted by Gasteiger charge is 2.34. The Bertz CT molecular complexity index is 463. The van der Waals surface area contributed by atoms with Crippen LogP contribution in [0, 0.1) is 0 Å². The standard InChI is InChI=1S/C10H13N3O3S2/c1-17-10-7(11-12-18-10)8(14)13-5-3-2-4-6(13)9(15)16/h6H,2-5H2,1H3,(H,15,16). The van der Waals surface area contributed by atoms with Crippen molar-refractivity contribution in [1.82, 2.24) is 14.5 Å². The van der Waals surface area contributed by atoms with Crippen molar-refractivity contribution in [3.05, 3.63) is 5.69 Å². The van der Waals surface area contributed by atoms with Crippen LogP contribution in [0.4, 0.5) is 0 Å². The number of hydrogen-bond donors (Lipinski definition) is 1. The van der Waals surface area contributed by atoms with Gasteiger partial charge in [-0.05, 0) is 37.1 Å². The summed E-state index contributed by atoms with van der Waals surface area (Å²) in [4.78, 5) is 24.9. The fraction of sp³-hybridized carbons (Fsp3) is 0.600. The van der Waals surface area contributed by atoms with E-state index in [0.717, 1.165) is 28.6 Å². The maximum Gasteiger partial charge on any atom is 0.326 e. The van der Waals surface area contributed by atoms with Gasteiger partial charge in [-0.2, -0.15) is 0 Å². The normalized spacial score (nSPS) is 19.8. The largest absolute Gasteiger partial charge is 0.480 e. The molecule has 1 N–H and O–H groups in total. The predicted molar refractivity (Wildman–Crippen MR) is 68.0 cm³/mol. The van der Waals surface area contributed by atoms with Gasteiger partial charge in [-0.25, -0.2) is 4.79 Å². The number of thioether (sulfide) groups is 1. The summed E-state index contributed by atoms with van der Waals surface area (Å²) in [5, 5.41) is 13.0. The highest BCUT2D eigenvalue weighted by atomic mass is 32.2. The number of nitrogens with zero attached hydrogens (tertiary/aromatic N) is 3. The zero-order valence-electron chi connectivity index (χ0n) is 9.83. The third-order valence-corrected chi connectivity index (χ3v) is 4.70. The van der Waals surface area contributed by atoms with E-state index in [1.165, 1.54) is 16.7 Å². The minimum absolute atomic E-state index is 0.278. The van der Waals surface area contributed by atoms with E-state index in [-0.39, 0.29) is 11.6 Å². The summed E-state index contributed by atoms with van der Waals surface area (Å²) in [6.07, 6.45) is 4.03. The zero-order chi connectivity index (χ0) is 13.1. The molecular weight excluding hydrogens is 274 g/mol. The molecule has 2 rings (SSSR count). The van der Waals surface area contributed by atoms with Gasteiger partial charge in [0.1, 0.15) is 10.3 Å². The van der Waals surface area contributed by atoms with Gasteiger partial charge in [0.05, 0.1) is 0 Å². The molecule has 8 heteroatoms. The second-order valence-corrected chi connectivity index (χ2v) is 5.79. The van der Waals surface area contributed by atoms with E-state index in [1.54, 1.807) is 0 Å². The van der Waals surface area contributed by atoms with E-state index in [4.69, 9.17) is 5.11 Å². The van der Waals surface area contributed by atoms with Gasteiger partial charge in [-0.1, -0.05) is 4.49 Å². The fourth-order valence-electron chi connectivity index (χ4n) is 2.01. The molecule has 1 aliphatic rings. The van der Waals surface area contributed by atoms with Crippen LogP contribution < -0.4 is 0 Å². The van der Waals surface area contributed by atoms with Gasteiger partial charge in [0.15, 0.2) is 5.69 Å². The molecule has 6 nitrogen and oxygen atoms in total. The summed E-state index contributed by atoms with van der Waals surface area (Å²) in [5.41, 5.74) is 0.278. The highest BCUT2D eigenvalue weighted by Crippen LogP contribution is 2.26. The van der Waals surface area contributed by atoms with E-state index >= 15 is 0 Å². The van der Waals surface area contributed by atoms with Gasteiger partial charge in [0.25, 0.3) is 5.91 Å². The fourth-order valence-corrected chi connectivity index (χ4v) is 3.14. The number of carboxylic acids is 1. The van der Waals surface area contributed by atoms with Crippen molar-refractivity contribution in [1.29, 1.82) is 0 Å². The van der Waals surface area contributed by atoms with Crippen molar-refractivity contribution in [2.24, 2.45) is 0 Å². The maximum atomic E-state index is 12.3. The van der Waals surface area contributed by atoms with E-state index in [0.29, 0.717) is 13.0 Å². The first-order chi connectivity index (χ1) is 8.65. The van der Waals surface area contributed by atoms with Crippen LogP contribution in [0.25, 0.3) is 0 Å². The van der Waals surface area contributed by atoms with E-state index in [9.17, 15) is 9.59 Å². The Hall–Kier alpha value is -1.15. The molecule has 0 spiro atoms. The Morgan fingerprint density at radius 3 is 2.94 bits per heavy atom. The van der Waals surface area contributed by atoms with Gasteiger partial charge >= 0.3 is 5.97 Å². The molecule has 1 saturated heterocycles. The van der Waals surface area contributed by atoms with Gasteiger partial charge in [0, 0.05) is 6.54 Å². The zero-order valence-corrected chi connectivity index (χ0v) is 11.5. The van der Waals surface area contributed by atoms with Crippen molar-refractivity contribution in [2.75, 3.05) is 12.8 Å². The van der Waals surface area contributed by atoms with Crippen LogP contribution in [-0.2, 0) is 4.79 Å². The lowest BCUT2D eigenvalue weighted by Crippen LogP contribution is -2.48. The minimum Gasteiger partial charge on any atom is -0.480 e. The molecule has 1 aromatic heterocycles. The molecule has 1 aliphatic heterocycles. The average molecular weight is 287 g/mol. The minimum atomic E-state index is -0.947. The lowest BCUT2D eigenvalue weighted by atomic mass is 10.0. The van der Waals surface area contributed by atoms with Crippen LogP contribution >= 0.6 is 23.3 Å². The number of aromatic nitrogens is 2. The Kier molecular flexibility index (Phi) is 4.18. The third kappa shape index (κ3) is 2.49. The maximum absolute atomic E-state index is 12.3. The molecule has 1 unspecified atom stereocenters. The summed E-state index contributed by atoms with van der Waals surface area (Å²) in [7, 11) is 0. The monoisotopic (exact) mass is 287 g/mol. The van der Waals surface area contributed by atoms with Crippen molar-refractivity contribution >= 4 is 35.2 Å². The third-order valence-electron chi connectivity index (χ3n) is 2.89. The first-order valence-corrected chi connectivity index (χ1v) is 7.55. The molecule has 0 bridgehead atoms. The summed E-state index contributed by atoms with van der Waals surface area (Å²) < 4.78 is 4.49. The van der Waals surface area contributed by atoms with Crippen LogP contribution in [0.15, 0.2) is 4.21 Å². The summed E-state index contributed by atoms with van der Waals surface area (Å²) in [5.74, 6) is -1.27. The molecular formula is C10H13N3O3S2. The molecule has 1 fully saturated rings. The molecule has 98 valence electrons. The lowest BCUT2D eigenvalue weighted by molar-refractivity contribution is -0.143. The quantitative estimate of drug-likeness (QED) is 0.845. The first-order valence-electron chi connectivity index (χ1n) is 5.55. The first kappa shape index (κ1) is 13.3. The van der Waals surface area contributed by atoms with Gasteiger partial charge < -0.3 is 10.0 Å². The summed E-state index contributed by atoms with van der Waals surface area (Å²) in [6, 6.07) is -0.734. The Morgan fingerprint density at radius 2 is 2.28 bits per heavy atom. The number of rotatable bonds is 3. The van der Waals surface area contributed by atoms with Gasteiger partial charge in [-0.3, -0.25) is 4.79 Å². The van der Waals surface area contributed by atoms with Crippen molar-refractivity contribution in [3.8, 4) is 0 Å². The van der Waals surface area contributed by atoms with Crippen LogP contribution in [-0.4, -0.2) is 50.3 Å². The number of piperidine rings is 1.